The number of benzene rings is 2. The first-order chi connectivity index (χ1) is 12.8. The van der Waals surface area contributed by atoms with Gasteiger partial charge in [-0.25, -0.2) is 4.79 Å². The van der Waals surface area contributed by atoms with Crippen LogP contribution in [-0.4, -0.2) is 6.03 Å². The van der Waals surface area contributed by atoms with Gasteiger partial charge in [-0.1, -0.05) is 19.2 Å². The van der Waals surface area contributed by atoms with Crippen molar-refractivity contribution in [2.45, 2.75) is 6.18 Å². The van der Waals surface area contributed by atoms with Crippen molar-refractivity contribution in [1.29, 1.82) is 0 Å². The number of carbonyl (C=O) groups is 1. The van der Waals surface area contributed by atoms with Crippen molar-refractivity contribution in [3.8, 4) is 5.75 Å². The van der Waals surface area contributed by atoms with E-state index < -0.39 is 17.8 Å². The number of anilines is 2. The van der Waals surface area contributed by atoms with Crippen LogP contribution >= 0.6 is 0 Å². The minimum Gasteiger partial charge on any atom is -0.457 e. The molecule has 0 radical (unpaired) electrons. The highest BCUT2D eigenvalue weighted by molar-refractivity contribution is 5.99. The van der Waals surface area contributed by atoms with Gasteiger partial charge in [0.2, 0.25) is 0 Å². The molecular weight excluding hydrogens is 357 g/mol. The van der Waals surface area contributed by atoms with Crippen molar-refractivity contribution in [2.75, 3.05) is 10.6 Å². The average molecular weight is 374 g/mol. The number of carbonyl (C=O) groups excluding carboxylic acids is 1. The highest BCUT2D eigenvalue weighted by Gasteiger charge is 2.29. The molecule has 2 rings (SSSR count). The summed E-state index contributed by atoms with van der Waals surface area (Å²) in [5.74, 6) is 1.06. The first-order valence-corrected chi connectivity index (χ1v) is 7.80. The Bertz CT molecular complexity index is 839. The van der Waals surface area contributed by atoms with Crippen LogP contribution in [0.1, 0.15) is 5.56 Å². The number of nitrogens with one attached hydrogen (secondary N) is 2. The Hall–Kier alpha value is -3.48. The minimum absolute atomic E-state index is 0.241. The summed E-state index contributed by atoms with van der Waals surface area (Å²) in [6.45, 7) is 7.20. The molecule has 0 aliphatic rings. The van der Waals surface area contributed by atoms with E-state index in [4.69, 9.17) is 4.74 Å². The summed E-state index contributed by atoms with van der Waals surface area (Å²) in [5, 5.41) is 5.04. The van der Waals surface area contributed by atoms with Crippen molar-refractivity contribution >= 4 is 17.4 Å². The Labute approximate surface area is 154 Å². The number of hydrogen-bond donors (Lipinski definition) is 2. The number of amides is 2. The van der Waals surface area contributed by atoms with Gasteiger partial charge in [-0.15, -0.1) is 0 Å². The molecule has 27 heavy (non-hydrogen) atoms. The number of rotatable bonds is 6. The van der Waals surface area contributed by atoms with Crippen LogP contribution in [0.15, 0.2) is 85.7 Å². The maximum Gasteiger partial charge on any atom is 0.416 e. The monoisotopic (exact) mass is 374 g/mol. The molecular formula is C20H17F3N2O2. The molecule has 0 spiro atoms. The lowest BCUT2D eigenvalue weighted by molar-refractivity contribution is -0.137. The molecule has 2 amide bonds. The maximum absolute atomic E-state index is 12.5. The highest BCUT2D eigenvalue weighted by Crippen LogP contribution is 2.29. The van der Waals surface area contributed by atoms with Gasteiger partial charge in [0.1, 0.15) is 11.5 Å². The van der Waals surface area contributed by atoms with Gasteiger partial charge in [-0.05, 0) is 60.7 Å². The molecule has 2 aromatic rings. The van der Waals surface area contributed by atoms with Crippen LogP contribution in [0.5, 0.6) is 5.75 Å². The molecule has 0 saturated heterocycles. The van der Waals surface area contributed by atoms with Crippen molar-refractivity contribution < 1.29 is 22.7 Å². The van der Waals surface area contributed by atoms with E-state index in [-0.39, 0.29) is 5.69 Å². The van der Waals surface area contributed by atoms with E-state index in [0.717, 1.165) is 12.1 Å². The van der Waals surface area contributed by atoms with E-state index in [9.17, 15) is 18.0 Å². The van der Waals surface area contributed by atoms with E-state index in [0.29, 0.717) is 17.2 Å². The second-order valence-electron chi connectivity index (χ2n) is 5.29. The molecule has 0 aromatic heterocycles. The summed E-state index contributed by atoms with van der Waals surface area (Å²) in [5.41, 5.74) is -0.0568. The summed E-state index contributed by atoms with van der Waals surface area (Å²) in [4.78, 5) is 11.9. The van der Waals surface area contributed by atoms with Crippen LogP contribution in [0.2, 0.25) is 0 Å². The highest BCUT2D eigenvalue weighted by atomic mass is 19.4. The number of alkyl halides is 3. The Morgan fingerprint density at radius 3 is 1.89 bits per heavy atom. The lowest BCUT2D eigenvalue weighted by atomic mass is 10.2. The molecule has 2 aromatic carbocycles. The minimum atomic E-state index is -4.42. The van der Waals surface area contributed by atoms with E-state index in [1.54, 1.807) is 36.4 Å². The molecule has 4 nitrogen and oxygen atoms in total. The first kappa shape index (κ1) is 19.8. The maximum atomic E-state index is 12.5. The Balaban J connectivity index is 1.95. The largest absolute Gasteiger partial charge is 0.457 e. The van der Waals surface area contributed by atoms with E-state index >= 15 is 0 Å². The van der Waals surface area contributed by atoms with Gasteiger partial charge >= 0.3 is 12.2 Å². The zero-order valence-corrected chi connectivity index (χ0v) is 14.2. The van der Waals surface area contributed by atoms with Gasteiger partial charge in [0.05, 0.1) is 5.56 Å². The van der Waals surface area contributed by atoms with Crippen molar-refractivity contribution in [3.63, 3.8) is 0 Å². The smallest absolute Gasteiger partial charge is 0.416 e. The molecule has 0 aliphatic carbocycles. The third-order valence-electron chi connectivity index (χ3n) is 3.30. The molecule has 0 heterocycles. The van der Waals surface area contributed by atoms with Crippen LogP contribution in [0, 0.1) is 0 Å². The van der Waals surface area contributed by atoms with Crippen molar-refractivity contribution in [3.05, 3.63) is 91.2 Å². The summed E-state index contributed by atoms with van der Waals surface area (Å²) >= 11 is 0. The van der Waals surface area contributed by atoms with Gasteiger partial charge < -0.3 is 15.4 Å². The van der Waals surface area contributed by atoms with Crippen LogP contribution in [0.3, 0.4) is 0 Å². The molecule has 0 fully saturated rings. The summed E-state index contributed by atoms with van der Waals surface area (Å²) in [6, 6.07) is 10.1. The number of allylic oxidation sites excluding steroid dienone is 3. The average Bonchev–Trinajstić information content (AvgIpc) is 2.62. The van der Waals surface area contributed by atoms with Crippen LogP contribution < -0.4 is 15.4 Å². The molecule has 0 saturated carbocycles. The summed E-state index contributed by atoms with van der Waals surface area (Å²) in [7, 11) is 0. The quantitative estimate of drug-likeness (QED) is 0.482. The zero-order valence-electron chi connectivity index (χ0n) is 14.2. The Morgan fingerprint density at radius 1 is 0.926 bits per heavy atom. The fraction of sp³-hybridized carbons (Fsp3) is 0.0500. The predicted molar refractivity (Wildman–Crippen MR) is 99.6 cm³/mol. The van der Waals surface area contributed by atoms with Gasteiger partial charge in [-0.3, -0.25) is 0 Å². The fourth-order valence-electron chi connectivity index (χ4n) is 2.04. The van der Waals surface area contributed by atoms with Crippen LogP contribution in [0.4, 0.5) is 29.3 Å². The Kier molecular flexibility index (Phi) is 6.43. The second-order valence-corrected chi connectivity index (χ2v) is 5.29. The molecule has 0 unspecified atom stereocenters. The van der Waals surface area contributed by atoms with Crippen LogP contribution in [0.25, 0.3) is 0 Å². The molecule has 2 N–H and O–H groups in total. The molecule has 0 bridgehead atoms. The summed E-state index contributed by atoms with van der Waals surface area (Å²) in [6.07, 6.45) is 0.331. The standard InChI is InChI=1S/C20H17F3N2O2/c1-3-5-17(4-2)27-18-12-10-16(11-13-18)25-19(26)24-15-8-6-14(7-9-15)20(21,22)23/h3-13H,1-2H2,(H2,24,25,26)/b17-5+. The predicted octanol–water partition coefficient (Wildman–Crippen LogP) is 5.98. The van der Waals surface area contributed by atoms with E-state index in [1.165, 1.54) is 18.2 Å². The third kappa shape index (κ3) is 6.07. The van der Waals surface area contributed by atoms with Crippen molar-refractivity contribution in [2.24, 2.45) is 0 Å². The molecule has 0 aliphatic heterocycles. The van der Waals surface area contributed by atoms with Gasteiger partial charge in [0.15, 0.2) is 0 Å². The Morgan fingerprint density at radius 2 is 1.44 bits per heavy atom. The summed E-state index contributed by atoms with van der Waals surface area (Å²) < 4.78 is 43.1. The molecule has 0 atom stereocenters. The van der Waals surface area contributed by atoms with Crippen LogP contribution in [-0.2, 0) is 6.18 Å². The van der Waals surface area contributed by atoms with Gasteiger partial charge in [0.25, 0.3) is 0 Å². The number of urea groups is 1. The van der Waals surface area contributed by atoms with E-state index in [1.807, 2.05) is 0 Å². The van der Waals surface area contributed by atoms with Gasteiger partial charge in [0, 0.05) is 11.4 Å². The molecule has 7 heteroatoms. The lowest BCUT2D eigenvalue weighted by Crippen LogP contribution is -2.19. The van der Waals surface area contributed by atoms with Gasteiger partial charge in [-0.2, -0.15) is 13.2 Å². The van der Waals surface area contributed by atoms with E-state index in [2.05, 4.69) is 23.8 Å². The first-order valence-electron chi connectivity index (χ1n) is 7.80. The second kappa shape index (κ2) is 8.75. The number of halogens is 3. The topological polar surface area (TPSA) is 50.4 Å². The molecule has 140 valence electrons. The number of ether oxygens (including phenoxy) is 1. The lowest BCUT2D eigenvalue weighted by Gasteiger charge is -2.10. The normalized spacial score (nSPS) is 11.4. The third-order valence-corrected chi connectivity index (χ3v) is 3.30. The zero-order chi connectivity index (χ0) is 19.9. The SMILES string of the molecule is C=C/C=C(\C=C)Oc1ccc(NC(=O)Nc2ccc(C(F)(F)F)cc2)cc1. The fourth-order valence-corrected chi connectivity index (χ4v) is 2.04. The number of hydrogen-bond acceptors (Lipinski definition) is 2. The van der Waals surface area contributed by atoms with Crippen molar-refractivity contribution in [1.82, 2.24) is 0 Å².